The summed E-state index contributed by atoms with van der Waals surface area (Å²) in [5.74, 6) is -0.0786. The van der Waals surface area contributed by atoms with Crippen molar-refractivity contribution in [2.75, 3.05) is 25.9 Å². The second-order valence-corrected chi connectivity index (χ2v) is 7.05. The zero-order chi connectivity index (χ0) is 15.0. The van der Waals surface area contributed by atoms with E-state index < -0.39 is 0 Å². The van der Waals surface area contributed by atoms with Crippen LogP contribution in [0, 0.1) is 0 Å². The molecule has 1 atom stereocenters. The number of halogens is 1. The number of benzene rings is 1. The molecule has 1 unspecified atom stereocenters. The maximum atomic E-state index is 12.5. The van der Waals surface area contributed by atoms with Crippen molar-refractivity contribution in [2.45, 2.75) is 18.9 Å². The smallest absolute Gasteiger partial charge is 0.263 e. The molecule has 0 bridgehead atoms. The van der Waals surface area contributed by atoms with Crippen molar-refractivity contribution in [3.05, 3.63) is 28.1 Å². The van der Waals surface area contributed by atoms with Gasteiger partial charge in [-0.3, -0.25) is 4.79 Å². The summed E-state index contributed by atoms with van der Waals surface area (Å²) in [5.41, 5.74) is 6.67. The number of thiophene rings is 1. The molecule has 3 rings (SSSR count). The van der Waals surface area contributed by atoms with Gasteiger partial charge < -0.3 is 16.0 Å². The lowest BCUT2D eigenvalue weighted by molar-refractivity contribution is 0.0917. The van der Waals surface area contributed by atoms with Crippen LogP contribution in [0.25, 0.3) is 10.1 Å². The molecule has 1 aromatic carbocycles. The molecule has 21 heavy (non-hydrogen) atoms. The molecule has 112 valence electrons. The third-order valence-corrected chi connectivity index (χ3v) is 5.26. The molecule has 0 spiro atoms. The average molecular weight is 324 g/mol. The van der Waals surface area contributed by atoms with Crippen LogP contribution in [0.15, 0.2) is 18.2 Å². The second-order valence-electron chi connectivity index (χ2n) is 5.56. The molecule has 1 amide bonds. The van der Waals surface area contributed by atoms with Gasteiger partial charge in [-0.05, 0) is 44.6 Å². The summed E-state index contributed by atoms with van der Waals surface area (Å²) in [4.78, 5) is 15.3. The Morgan fingerprint density at radius 3 is 3.10 bits per heavy atom. The lowest BCUT2D eigenvalue weighted by Gasteiger charge is -2.30. The first-order valence-electron chi connectivity index (χ1n) is 7.01. The Labute approximate surface area is 132 Å². The minimum absolute atomic E-state index is 0.0786. The van der Waals surface area contributed by atoms with Gasteiger partial charge in [0.2, 0.25) is 0 Å². The molecule has 1 aliphatic rings. The van der Waals surface area contributed by atoms with E-state index >= 15 is 0 Å². The monoisotopic (exact) mass is 323 g/mol. The quantitative estimate of drug-likeness (QED) is 0.893. The minimum atomic E-state index is -0.0786. The number of nitrogens with two attached hydrogens (primary N) is 1. The van der Waals surface area contributed by atoms with Gasteiger partial charge in [0, 0.05) is 27.7 Å². The summed E-state index contributed by atoms with van der Waals surface area (Å²) in [7, 11) is 2.08. The number of nitrogens with zero attached hydrogens (tertiary/aromatic N) is 1. The van der Waals surface area contributed by atoms with Crippen LogP contribution < -0.4 is 11.1 Å². The molecular weight excluding hydrogens is 306 g/mol. The Bertz CT molecular complexity index is 685. The van der Waals surface area contributed by atoms with Gasteiger partial charge in [0.1, 0.15) is 4.88 Å². The van der Waals surface area contributed by atoms with Crippen LogP contribution in [0.2, 0.25) is 5.02 Å². The number of anilines is 1. The predicted molar refractivity (Wildman–Crippen MR) is 89.2 cm³/mol. The van der Waals surface area contributed by atoms with E-state index in [1.807, 2.05) is 12.1 Å². The Balaban J connectivity index is 1.82. The van der Waals surface area contributed by atoms with Crippen molar-refractivity contribution in [3.8, 4) is 0 Å². The summed E-state index contributed by atoms with van der Waals surface area (Å²) < 4.78 is 0.950. The first-order chi connectivity index (χ1) is 10.0. The highest BCUT2D eigenvalue weighted by atomic mass is 35.5. The van der Waals surface area contributed by atoms with Crippen molar-refractivity contribution in [3.63, 3.8) is 0 Å². The summed E-state index contributed by atoms with van der Waals surface area (Å²) in [6.07, 6.45) is 2.13. The maximum Gasteiger partial charge on any atom is 0.263 e. The van der Waals surface area contributed by atoms with Crippen LogP contribution in [0.5, 0.6) is 0 Å². The molecule has 1 saturated heterocycles. The van der Waals surface area contributed by atoms with E-state index in [9.17, 15) is 4.79 Å². The largest absolute Gasteiger partial charge is 0.397 e. The molecule has 2 heterocycles. The summed E-state index contributed by atoms with van der Waals surface area (Å²) in [6.45, 7) is 1.98. The molecule has 1 fully saturated rings. The lowest BCUT2D eigenvalue weighted by atomic mass is 10.1. The summed E-state index contributed by atoms with van der Waals surface area (Å²) in [6, 6.07) is 5.71. The van der Waals surface area contributed by atoms with Gasteiger partial charge in [-0.25, -0.2) is 0 Å². The number of likely N-dealkylation sites (tertiary alicyclic amines) is 1. The Kier molecular flexibility index (Phi) is 4.06. The van der Waals surface area contributed by atoms with Gasteiger partial charge in [-0.1, -0.05) is 11.6 Å². The molecule has 6 heteroatoms. The van der Waals surface area contributed by atoms with Crippen LogP contribution in [0.4, 0.5) is 5.69 Å². The molecule has 0 radical (unpaired) electrons. The molecule has 1 aliphatic heterocycles. The fourth-order valence-electron chi connectivity index (χ4n) is 2.79. The summed E-state index contributed by atoms with van der Waals surface area (Å²) in [5, 5.41) is 4.65. The van der Waals surface area contributed by atoms with E-state index in [1.165, 1.54) is 11.3 Å². The number of fused-ring (bicyclic) bond motifs is 1. The first-order valence-corrected chi connectivity index (χ1v) is 8.21. The second kappa shape index (κ2) is 5.83. The lowest BCUT2D eigenvalue weighted by Crippen LogP contribution is -2.46. The van der Waals surface area contributed by atoms with Crippen molar-refractivity contribution in [1.82, 2.24) is 10.2 Å². The average Bonchev–Trinajstić information content (AvgIpc) is 2.75. The number of amides is 1. The summed E-state index contributed by atoms with van der Waals surface area (Å²) >= 11 is 7.39. The van der Waals surface area contributed by atoms with Gasteiger partial charge in [0.15, 0.2) is 0 Å². The van der Waals surface area contributed by atoms with E-state index in [0.717, 1.165) is 36.0 Å². The Hall–Kier alpha value is -1.30. The van der Waals surface area contributed by atoms with E-state index in [-0.39, 0.29) is 11.9 Å². The minimum Gasteiger partial charge on any atom is -0.397 e. The molecule has 1 aromatic heterocycles. The Morgan fingerprint density at radius 2 is 2.33 bits per heavy atom. The topological polar surface area (TPSA) is 58.4 Å². The number of rotatable bonds is 2. The number of hydrogen-bond donors (Lipinski definition) is 2. The van der Waals surface area contributed by atoms with Gasteiger partial charge in [-0.2, -0.15) is 0 Å². The van der Waals surface area contributed by atoms with Gasteiger partial charge >= 0.3 is 0 Å². The zero-order valence-corrected chi connectivity index (χ0v) is 13.4. The van der Waals surface area contributed by atoms with E-state index in [2.05, 4.69) is 17.3 Å². The highest BCUT2D eigenvalue weighted by Crippen LogP contribution is 2.35. The number of hydrogen-bond acceptors (Lipinski definition) is 4. The van der Waals surface area contributed by atoms with Gasteiger partial charge in [0.25, 0.3) is 5.91 Å². The number of nitrogens with one attached hydrogen (secondary N) is 1. The SMILES string of the molecule is CN1CCCC(NC(=O)c2sc3cc(Cl)ccc3c2N)C1. The fraction of sp³-hybridized carbons (Fsp3) is 0.400. The molecular formula is C15H18ClN3OS. The maximum absolute atomic E-state index is 12.5. The number of piperidine rings is 1. The van der Waals surface area contributed by atoms with E-state index in [1.54, 1.807) is 6.07 Å². The van der Waals surface area contributed by atoms with Crippen LogP contribution in [0.1, 0.15) is 22.5 Å². The third kappa shape index (κ3) is 3.00. The highest BCUT2D eigenvalue weighted by Gasteiger charge is 2.22. The number of nitrogen functional groups attached to an aromatic ring is 1. The standard InChI is InChI=1S/C15H18ClN3OS/c1-19-6-2-3-10(8-19)18-15(20)14-13(17)11-5-4-9(16)7-12(11)21-14/h4-5,7,10H,2-3,6,8,17H2,1H3,(H,18,20). The Morgan fingerprint density at radius 1 is 1.52 bits per heavy atom. The van der Waals surface area contributed by atoms with Crippen LogP contribution in [-0.2, 0) is 0 Å². The van der Waals surface area contributed by atoms with Crippen LogP contribution in [-0.4, -0.2) is 37.0 Å². The number of likely N-dealkylation sites (N-methyl/N-ethyl adjacent to an activating group) is 1. The zero-order valence-electron chi connectivity index (χ0n) is 11.9. The predicted octanol–water partition coefficient (Wildman–Crippen LogP) is 2.96. The van der Waals surface area contributed by atoms with Crippen molar-refractivity contribution in [1.29, 1.82) is 0 Å². The number of carbonyl (C=O) groups is 1. The third-order valence-electron chi connectivity index (χ3n) is 3.86. The normalized spacial score (nSPS) is 19.8. The van der Waals surface area contributed by atoms with E-state index in [4.69, 9.17) is 17.3 Å². The van der Waals surface area contributed by atoms with Crippen LogP contribution in [0.3, 0.4) is 0 Å². The van der Waals surface area contributed by atoms with E-state index in [0.29, 0.717) is 15.6 Å². The molecule has 0 saturated carbocycles. The first kappa shape index (κ1) is 14.6. The molecule has 2 aromatic rings. The number of carbonyl (C=O) groups excluding carboxylic acids is 1. The molecule has 3 N–H and O–H groups in total. The van der Waals surface area contributed by atoms with Crippen LogP contribution >= 0.6 is 22.9 Å². The van der Waals surface area contributed by atoms with Crippen molar-refractivity contribution >= 4 is 44.6 Å². The van der Waals surface area contributed by atoms with Gasteiger partial charge in [-0.15, -0.1) is 11.3 Å². The van der Waals surface area contributed by atoms with Gasteiger partial charge in [0.05, 0.1) is 5.69 Å². The van der Waals surface area contributed by atoms with Crippen molar-refractivity contribution in [2.24, 2.45) is 0 Å². The van der Waals surface area contributed by atoms with Crippen molar-refractivity contribution < 1.29 is 4.79 Å². The molecule has 0 aliphatic carbocycles. The fourth-order valence-corrected chi connectivity index (χ4v) is 4.10. The molecule has 4 nitrogen and oxygen atoms in total. The highest BCUT2D eigenvalue weighted by molar-refractivity contribution is 7.21.